The molecule has 0 heterocycles. The van der Waals surface area contributed by atoms with Gasteiger partial charge in [-0.3, -0.25) is 0 Å². The van der Waals surface area contributed by atoms with Gasteiger partial charge in [-0.2, -0.15) is 0 Å². The predicted molar refractivity (Wildman–Crippen MR) is 63.9 cm³/mol. The normalized spacial score (nSPS) is 12.0. The summed E-state index contributed by atoms with van der Waals surface area (Å²) in [7, 11) is 0. The van der Waals surface area contributed by atoms with E-state index in [1.165, 1.54) is 0 Å². The Bertz CT molecular complexity index is 118. The van der Waals surface area contributed by atoms with Gasteiger partial charge in [0.05, 0.1) is 0 Å². The van der Waals surface area contributed by atoms with E-state index < -0.39 is 14.3 Å². The van der Waals surface area contributed by atoms with Crippen molar-refractivity contribution in [2.24, 2.45) is 0 Å². The number of rotatable bonds is 9. The first-order valence-electron chi connectivity index (χ1n) is 5.27. The second kappa shape index (κ2) is 9.03. The predicted octanol–water partition coefficient (Wildman–Crippen LogP) is 2.35. The van der Waals surface area contributed by atoms with Gasteiger partial charge in [0.2, 0.25) is 0 Å². The van der Waals surface area contributed by atoms with Crippen molar-refractivity contribution < 1.29 is 11.3 Å². The Kier molecular flexibility index (Phi) is 9.53. The fraction of sp³-hybridized carbons (Fsp3) is 1.00. The van der Waals surface area contributed by atoms with Crippen LogP contribution in [0.15, 0.2) is 0 Å². The van der Waals surface area contributed by atoms with E-state index in [1.54, 1.807) is 0 Å². The summed E-state index contributed by atoms with van der Waals surface area (Å²) in [5, 5.41) is 0.916. The number of thiol groups is 1. The number of hydrogen-bond acceptors (Lipinski definition) is 4. The van der Waals surface area contributed by atoms with Gasteiger partial charge in [0.1, 0.15) is 0 Å². The molecule has 0 aliphatic heterocycles. The van der Waals surface area contributed by atoms with Crippen LogP contribution in [0.1, 0.15) is 27.2 Å². The Hall–Kier alpha value is 0.773. The first kappa shape index (κ1) is 14.8. The van der Waals surface area contributed by atoms with Crippen molar-refractivity contribution >= 4 is 26.9 Å². The summed E-state index contributed by atoms with van der Waals surface area (Å²) in [5.41, 5.74) is 0. The molecule has 0 fully saturated rings. The van der Waals surface area contributed by atoms with Crippen LogP contribution in [0.4, 0.5) is 0 Å². The molecule has 0 radical (unpaired) electrons. The SMILES string of the molecule is CC[O][Ge]([CH2]CCS)([O]CC)[O]CC. The third-order valence-electron chi connectivity index (χ3n) is 1.73. The molecule has 0 aromatic heterocycles. The summed E-state index contributed by atoms with van der Waals surface area (Å²) in [5.74, 6) is 0.861. The molecule has 86 valence electrons. The maximum absolute atomic E-state index is 5.72. The monoisotopic (exact) mass is 284 g/mol. The Balaban J connectivity index is 4.21. The molecule has 0 spiro atoms. The summed E-state index contributed by atoms with van der Waals surface area (Å²) in [6.07, 6.45) is 1.00. The van der Waals surface area contributed by atoms with Gasteiger partial charge in [-0.25, -0.2) is 0 Å². The molecule has 0 saturated carbocycles. The molecule has 0 saturated heterocycles. The van der Waals surface area contributed by atoms with Gasteiger partial charge in [-0.1, -0.05) is 0 Å². The third-order valence-corrected chi connectivity index (χ3v) is 8.66. The zero-order chi connectivity index (χ0) is 10.9. The van der Waals surface area contributed by atoms with Gasteiger partial charge in [-0.05, 0) is 0 Å². The van der Waals surface area contributed by atoms with E-state index in [0.717, 1.165) is 17.4 Å². The first-order valence-corrected chi connectivity index (χ1v) is 9.96. The van der Waals surface area contributed by atoms with Gasteiger partial charge < -0.3 is 0 Å². The summed E-state index contributed by atoms with van der Waals surface area (Å²) < 4.78 is 17.2. The molecular weight excluding hydrogens is 261 g/mol. The fourth-order valence-electron chi connectivity index (χ4n) is 1.30. The minimum absolute atomic E-state index is 0.673. The van der Waals surface area contributed by atoms with Crippen LogP contribution in [0.5, 0.6) is 0 Å². The first-order chi connectivity index (χ1) is 6.74. The second-order valence-corrected chi connectivity index (χ2v) is 8.99. The topological polar surface area (TPSA) is 27.7 Å². The van der Waals surface area contributed by atoms with Crippen molar-refractivity contribution in [3.63, 3.8) is 0 Å². The van der Waals surface area contributed by atoms with Crippen LogP contribution in [0.2, 0.25) is 5.25 Å². The van der Waals surface area contributed by atoms with Crippen molar-refractivity contribution in [1.29, 1.82) is 0 Å². The average molecular weight is 283 g/mol. The van der Waals surface area contributed by atoms with Crippen LogP contribution in [-0.2, 0) is 11.3 Å². The molecule has 0 aliphatic carbocycles. The van der Waals surface area contributed by atoms with E-state index in [1.807, 2.05) is 20.8 Å². The van der Waals surface area contributed by atoms with Gasteiger partial charge in [0.15, 0.2) is 0 Å². The van der Waals surface area contributed by atoms with Gasteiger partial charge in [0.25, 0.3) is 0 Å². The van der Waals surface area contributed by atoms with Crippen molar-refractivity contribution in [3.8, 4) is 0 Å². The van der Waals surface area contributed by atoms with E-state index >= 15 is 0 Å². The molecular formula is C9H22GeO3S. The van der Waals surface area contributed by atoms with Crippen molar-refractivity contribution in [3.05, 3.63) is 0 Å². The van der Waals surface area contributed by atoms with Crippen LogP contribution in [0, 0.1) is 0 Å². The van der Waals surface area contributed by atoms with Crippen molar-refractivity contribution in [1.82, 2.24) is 0 Å². The molecule has 0 bridgehead atoms. The zero-order valence-electron chi connectivity index (χ0n) is 9.41. The van der Waals surface area contributed by atoms with Gasteiger partial charge in [-0.15, -0.1) is 0 Å². The molecule has 0 aliphatic rings. The summed E-state index contributed by atoms with van der Waals surface area (Å²) in [6, 6.07) is 0. The molecule has 0 rings (SSSR count). The minimum atomic E-state index is -2.90. The molecule has 5 heteroatoms. The van der Waals surface area contributed by atoms with Crippen molar-refractivity contribution in [2.75, 3.05) is 25.6 Å². The Morgan fingerprint density at radius 3 is 1.64 bits per heavy atom. The molecule has 14 heavy (non-hydrogen) atoms. The summed E-state index contributed by atoms with van der Waals surface area (Å²) >= 11 is 1.30. The van der Waals surface area contributed by atoms with E-state index in [4.69, 9.17) is 11.3 Å². The second-order valence-electron chi connectivity index (χ2n) is 2.81. The fourth-order valence-corrected chi connectivity index (χ4v) is 7.56. The average Bonchev–Trinajstić information content (AvgIpc) is 2.16. The molecule has 3 nitrogen and oxygen atoms in total. The quantitative estimate of drug-likeness (QED) is 0.520. The summed E-state index contributed by atoms with van der Waals surface area (Å²) in [4.78, 5) is 0. The molecule has 0 aromatic carbocycles. The van der Waals surface area contributed by atoms with Crippen LogP contribution in [0.25, 0.3) is 0 Å². The van der Waals surface area contributed by atoms with Crippen LogP contribution < -0.4 is 0 Å². The molecule has 0 aromatic rings. The Morgan fingerprint density at radius 1 is 0.929 bits per heavy atom. The molecule has 0 unspecified atom stereocenters. The molecule has 0 atom stereocenters. The molecule has 0 N–H and O–H groups in total. The molecule has 0 amide bonds. The number of hydrogen-bond donors (Lipinski definition) is 1. The van der Waals surface area contributed by atoms with Crippen LogP contribution in [-0.4, -0.2) is 39.8 Å². The van der Waals surface area contributed by atoms with E-state index in [0.29, 0.717) is 19.8 Å². The Labute approximate surface area is 96.3 Å². The maximum atomic E-state index is 5.72. The standard InChI is InChI=1S/C9H22GeO3S/c1-4-11-10(12-5-2,13-6-3)8-7-9-14/h14H,4-9H2,1-3H3. The van der Waals surface area contributed by atoms with Gasteiger partial charge in [0, 0.05) is 0 Å². The Morgan fingerprint density at radius 2 is 1.36 bits per heavy atom. The zero-order valence-corrected chi connectivity index (χ0v) is 12.4. The third kappa shape index (κ3) is 5.60. The van der Waals surface area contributed by atoms with E-state index in [9.17, 15) is 0 Å². The van der Waals surface area contributed by atoms with Crippen LogP contribution in [0.3, 0.4) is 0 Å². The van der Waals surface area contributed by atoms with Crippen LogP contribution >= 0.6 is 12.6 Å². The van der Waals surface area contributed by atoms with E-state index in [-0.39, 0.29) is 0 Å². The van der Waals surface area contributed by atoms with E-state index in [2.05, 4.69) is 12.6 Å². The van der Waals surface area contributed by atoms with Gasteiger partial charge >= 0.3 is 96.2 Å². The summed E-state index contributed by atoms with van der Waals surface area (Å²) in [6.45, 7) is 7.97. The van der Waals surface area contributed by atoms with Crippen molar-refractivity contribution in [2.45, 2.75) is 32.4 Å².